The Morgan fingerprint density at radius 2 is 1.97 bits per heavy atom. The zero-order chi connectivity index (χ0) is 28.5. The van der Waals surface area contributed by atoms with Crippen molar-refractivity contribution < 1.29 is 37.7 Å². The summed E-state index contributed by atoms with van der Waals surface area (Å²) < 4.78 is 45.0. The number of hydrogen-bond donors (Lipinski definition) is 4. The molecule has 5 N–H and O–H groups in total. The van der Waals surface area contributed by atoms with Crippen LogP contribution in [0.25, 0.3) is 11.2 Å². The van der Waals surface area contributed by atoms with Crippen molar-refractivity contribution in [2.45, 2.75) is 37.6 Å². The van der Waals surface area contributed by atoms with Crippen LogP contribution in [0.4, 0.5) is 19.0 Å². The number of alkyl halides is 3. The first-order chi connectivity index (χ1) is 18.4. The molecule has 0 aliphatic carbocycles. The fourth-order valence-electron chi connectivity index (χ4n) is 3.78. The normalized spacial score (nSPS) is 20.9. The van der Waals surface area contributed by atoms with Gasteiger partial charge < -0.3 is 30.9 Å². The third kappa shape index (κ3) is 5.60. The maximum atomic E-state index is 12.7. The Balaban J connectivity index is 1.52. The van der Waals surface area contributed by atoms with E-state index in [9.17, 15) is 33.0 Å². The number of fused-ring (bicyclic) bond motifs is 1. The number of carbonyl (C=O) groups is 2. The van der Waals surface area contributed by atoms with E-state index >= 15 is 0 Å². The average molecular weight is 548 g/mol. The SMILES string of the molecule is CCNC(=O)[C@H]1O[C@@H](n2cnc3c(N)nc(C#CCN(C)C(=O)c4ccc(C(F)(F)F)nc4)nc32)C(O)[C@@H]1O. The average Bonchev–Trinajstić information content (AvgIpc) is 3.44. The summed E-state index contributed by atoms with van der Waals surface area (Å²) in [5, 5.41) is 23.3. The summed E-state index contributed by atoms with van der Waals surface area (Å²) in [5.41, 5.74) is 5.08. The van der Waals surface area contributed by atoms with Gasteiger partial charge in [-0.05, 0) is 25.0 Å². The van der Waals surface area contributed by atoms with Gasteiger partial charge in [0.05, 0.1) is 18.4 Å². The van der Waals surface area contributed by atoms with Crippen molar-refractivity contribution in [2.24, 2.45) is 0 Å². The zero-order valence-corrected chi connectivity index (χ0v) is 20.5. The number of pyridine rings is 1. The van der Waals surface area contributed by atoms with Crippen molar-refractivity contribution in [1.82, 2.24) is 34.7 Å². The fraction of sp³-hybridized carbons (Fsp3) is 0.391. The molecule has 0 radical (unpaired) electrons. The Morgan fingerprint density at radius 1 is 1.23 bits per heavy atom. The lowest BCUT2D eigenvalue weighted by atomic mass is 10.1. The molecule has 2 amide bonds. The summed E-state index contributed by atoms with van der Waals surface area (Å²) in [6.45, 7) is 1.86. The number of nitrogen functional groups attached to an aromatic ring is 1. The second kappa shape index (κ2) is 10.8. The molecule has 13 nitrogen and oxygen atoms in total. The Kier molecular flexibility index (Phi) is 7.67. The van der Waals surface area contributed by atoms with Crippen LogP contribution in [0, 0.1) is 11.8 Å². The third-order valence-electron chi connectivity index (χ3n) is 5.73. The van der Waals surface area contributed by atoms with Crippen molar-refractivity contribution in [1.29, 1.82) is 0 Å². The molecule has 0 spiro atoms. The van der Waals surface area contributed by atoms with E-state index in [0.717, 1.165) is 17.2 Å². The van der Waals surface area contributed by atoms with Gasteiger partial charge in [0.2, 0.25) is 5.82 Å². The lowest BCUT2D eigenvalue weighted by Crippen LogP contribution is -2.42. The third-order valence-corrected chi connectivity index (χ3v) is 5.73. The highest BCUT2D eigenvalue weighted by molar-refractivity contribution is 5.94. The molecule has 0 aromatic carbocycles. The molecule has 4 heterocycles. The molecule has 1 saturated heterocycles. The van der Waals surface area contributed by atoms with Crippen molar-refractivity contribution in [3.05, 3.63) is 41.7 Å². The Hall–Kier alpha value is -4.33. The number of amides is 2. The van der Waals surface area contributed by atoms with Crippen LogP contribution in [0.15, 0.2) is 24.7 Å². The van der Waals surface area contributed by atoms with Gasteiger partial charge in [-0.2, -0.15) is 13.2 Å². The smallest absolute Gasteiger partial charge is 0.387 e. The zero-order valence-electron chi connectivity index (χ0n) is 20.5. The fourth-order valence-corrected chi connectivity index (χ4v) is 3.78. The molecule has 0 bridgehead atoms. The van der Waals surface area contributed by atoms with Crippen LogP contribution in [-0.2, 0) is 15.7 Å². The number of ether oxygens (including phenoxy) is 1. The van der Waals surface area contributed by atoms with Gasteiger partial charge in [-0.1, -0.05) is 5.92 Å². The molecule has 4 rings (SSSR count). The van der Waals surface area contributed by atoms with Gasteiger partial charge in [0.1, 0.15) is 23.4 Å². The minimum absolute atomic E-state index is 0.0448. The number of hydrogen-bond acceptors (Lipinski definition) is 10. The summed E-state index contributed by atoms with van der Waals surface area (Å²) in [6, 6.07) is 1.73. The van der Waals surface area contributed by atoms with Crippen molar-refractivity contribution in [3.63, 3.8) is 0 Å². The number of likely N-dealkylation sites (N-methyl/N-ethyl adjacent to an activating group) is 1. The minimum Gasteiger partial charge on any atom is -0.387 e. The standard InChI is InChI=1S/C23H23F3N8O5/c1-3-28-20(37)17-15(35)16(36)22(39-17)34-10-30-14-18(27)31-13(32-19(14)34)5-4-8-33(2)21(38)11-6-7-12(29-9-11)23(24,25)26/h6-7,9-10,15-17,22,35-36H,3,8H2,1-2H3,(H,28,37)(H2,27,31,32)/t15-,16?,17-,22+/m0/s1. The van der Waals surface area contributed by atoms with Crippen LogP contribution in [0.2, 0.25) is 0 Å². The number of anilines is 1. The molecule has 3 aromatic rings. The van der Waals surface area contributed by atoms with Crippen molar-refractivity contribution in [2.75, 3.05) is 25.9 Å². The molecule has 1 aliphatic rings. The van der Waals surface area contributed by atoms with E-state index in [4.69, 9.17) is 10.5 Å². The number of aliphatic hydroxyl groups is 2. The van der Waals surface area contributed by atoms with Gasteiger partial charge in [0.15, 0.2) is 23.8 Å². The molecular formula is C23H23F3N8O5. The van der Waals surface area contributed by atoms with Crippen LogP contribution in [-0.4, -0.2) is 89.9 Å². The first kappa shape index (κ1) is 27.7. The number of nitrogens with one attached hydrogen (secondary N) is 1. The number of imidazole rings is 1. The number of rotatable bonds is 5. The second-order valence-corrected chi connectivity index (χ2v) is 8.47. The summed E-state index contributed by atoms with van der Waals surface area (Å²) in [7, 11) is 1.40. The Morgan fingerprint density at radius 3 is 2.62 bits per heavy atom. The van der Waals surface area contributed by atoms with Gasteiger partial charge in [-0.25, -0.2) is 15.0 Å². The van der Waals surface area contributed by atoms with Crippen LogP contribution < -0.4 is 11.1 Å². The summed E-state index contributed by atoms with van der Waals surface area (Å²) in [5.74, 6) is 4.02. The number of aliphatic hydroxyl groups excluding tert-OH is 2. The van der Waals surface area contributed by atoms with Gasteiger partial charge in [0, 0.05) is 19.8 Å². The Bertz CT molecular complexity index is 1450. The summed E-state index contributed by atoms with van der Waals surface area (Å²) >= 11 is 0. The summed E-state index contributed by atoms with van der Waals surface area (Å²) in [4.78, 5) is 41.6. The lowest BCUT2D eigenvalue weighted by Gasteiger charge is -2.16. The van der Waals surface area contributed by atoms with E-state index in [-0.39, 0.29) is 34.9 Å². The molecule has 1 aliphatic heterocycles. The van der Waals surface area contributed by atoms with E-state index in [2.05, 4.69) is 37.1 Å². The van der Waals surface area contributed by atoms with Crippen LogP contribution >= 0.6 is 0 Å². The maximum absolute atomic E-state index is 12.7. The van der Waals surface area contributed by atoms with Gasteiger partial charge in [-0.15, -0.1) is 0 Å². The minimum atomic E-state index is -4.62. The topological polar surface area (TPSA) is 182 Å². The van der Waals surface area contributed by atoms with E-state index in [1.807, 2.05) is 0 Å². The molecule has 4 atom stereocenters. The van der Waals surface area contributed by atoms with E-state index in [0.29, 0.717) is 12.6 Å². The number of carbonyl (C=O) groups excluding carboxylic acids is 2. The number of nitrogens with two attached hydrogens (primary N) is 1. The molecule has 39 heavy (non-hydrogen) atoms. The number of halogens is 3. The molecule has 3 aromatic heterocycles. The van der Waals surface area contributed by atoms with Gasteiger partial charge >= 0.3 is 6.18 Å². The summed E-state index contributed by atoms with van der Waals surface area (Å²) in [6.07, 6.45) is -8.06. The first-order valence-electron chi connectivity index (χ1n) is 11.5. The lowest BCUT2D eigenvalue weighted by molar-refractivity contribution is -0.141. The van der Waals surface area contributed by atoms with Crippen molar-refractivity contribution in [3.8, 4) is 11.8 Å². The van der Waals surface area contributed by atoms with Crippen molar-refractivity contribution >= 4 is 28.8 Å². The molecule has 1 unspecified atom stereocenters. The highest BCUT2D eigenvalue weighted by Crippen LogP contribution is 2.32. The molecule has 206 valence electrons. The Labute approximate surface area is 218 Å². The molecule has 1 fully saturated rings. The highest BCUT2D eigenvalue weighted by atomic mass is 19.4. The number of aromatic nitrogens is 5. The second-order valence-electron chi connectivity index (χ2n) is 8.47. The molecule has 0 saturated carbocycles. The predicted octanol–water partition coefficient (Wildman–Crippen LogP) is -0.299. The number of nitrogens with zero attached hydrogens (tertiary/aromatic N) is 6. The van der Waals surface area contributed by atoms with Gasteiger partial charge in [-0.3, -0.25) is 19.1 Å². The quantitative estimate of drug-likeness (QED) is 0.309. The van der Waals surface area contributed by atoms with E-state index in [1.165, 1.54) is 17.9 Å². The van der Waals surface area contributed by atoms with E-state index < -0.39 is 48.2 Å². The maximum Gasteiger partial charge on any atom is 0.433 e. The largest absolute Gasteiger partial charge is 0.433 e. The van der Waals surface area contributed by atoms with Crippen LogP contribution in [0.3, 0.4) is 0 Å². The van der Waals surface area contributed by atoms with Crippen LogP contribution in [0.5, 0.6) is 0 Å². The monoisotopic (exact) mass is 548 g/mol. The highest BCUT2D eigenvalue weighted by Gasteiger charge is 2.47. The van der Waals surface area contributed by atoms with Gasteiger partial charge in [0.25, 0.3) is 11.8 Å². The first-order valence-corrected chi connectivity index (χ1v) is 11.5. The van der Waals surface area contributed by atoms with E-state index in [1.54, 1.807) is 6.92 Å². The predicted molar refractivity (Wildman–Crippen MR) is 127 cm³/mol. The molecular weight excluding hydrogens is 525 g/mol. The van der Waals surface area contributed by atoms with Crippen LogP contribution in [0.1, 0.15) is 35.0 Å². The molecule has 16 heteroatoms.